The average molecular weight is 288 g/mol. The Bertz CT molecular complexity index is 478. The van der Waals surface area contributed by atoms with Crippen molar-refractivity contribution in [2.24, 2.45) is 5.41 Å². The molecule has 0 amide bonds. The molecule has 0 atom stereocenters. The first-order chi connectivity index (χ1) is 8.21. The SMILES string of the molecule is C=C(NOC(=O)c1ccc(Cl)cc1Cl)C(C)(C)C. The quantitative estimate of drug-likeness (QED) is 0.846. The van der Waals surface area contributed by atoms with Crippen LogP contribution in [-0.2, 0) is 4.84 Å². The largest absolute Gasteiger partial charge is 0.364 e. The van der Waals surface area contributed by atoms with Crippen LogP contribution in [0.15, 0.2) is 30.5 Å². The van der Waals surface area contributed by atoms with Crippen LogP contribution < -0.4 is 5.48 Å². The number of hydrogen-bond acceptors (Lipinski definition) is 3. The van der Waals surface area contributed by atoms with Gasteiger partial charge < -0.3 is 4.84 Å². The lowest BCUT2D eigenvalue weighted by molar-refractivity contribution is 0.0289. The van der Waals surface area contributed by atoms with E-state index in [1.54, 1.807) is 6.07 Å². The van der Waals surface area contributed by atoms with Gasteiger partial charge in [-0.2, -0.15) is 0 Å². The summed E-state index contributed by atoms with van der Waals surface area (Å²) in [6.07, 6.45) is 0. The lowest BCUT2D eigenvalue weighted by atomic mass is 9.93. The number of rotatable bonds is 3. The van der Waals surface area contributed by atoms with Crippen LogP contribution in [0.3, 0.4) is 0 Å². The van der Waals surface area contributed by atoms with Gasteiger partial charge in [0.1, 0.15) is 0 Å². The van der Waals surface area contributed by atoms with Gasteiger partial charge >= 0.3 is 5.97 Å². The van der Waals surface area contributed by atoms with Crippen molar-refractivity contribution < 1.29 is 9.63 Å². The molecule has 0 aliphatic carbocycles. The van der Waals surface area contributed by atoms with Crippen LogP contribution in [0.5, 0.6) is 0 Å². The lowest BCUT2D eigenvalue weighted by Gasteiger charge is -2.22. The monoisotopic (exact) mass is 287 g/mol. The Morgan fingerprint density at radius 1 is 1.33 bits per heavy atom. The van der Waals surface area contributed by atoms with E-state index in [1.807, 2.05) is 20.8 Å². The van der Waals surface area contributed by atoms with E-state index in [4.69, 9.17) is 28.0 Å². The number of hydroxylamine groups is 1. The molecule has 0 spiro atoms. The maximum Gasteiger partial charge on any atom is 0.364 e. The molecule has 0 heterocycles. The third kappa shape index (κ3) is 3.93. The fraction of sp³-hybridized carbons (Fsp3) is 0.308. The van der Waals surface area contributed by atoms with Gasteiger partial charge in [-0.05, 0) is 18.2 Å². The third-order valence-corrected chi connectivity index (χ3v) is 2.87. The Kier molecular flexibility index (Phi) is 4.65. The average Bonchev–Trinajstić information content (AvgIpc) is 2.24. The molecule has 0 saturated heterocycles. The summed E-state index contributed by atoms with van der Waals surface area (Å²) in [5.74, 6) is -0.581. The van der Waals surface area contributed by atoms with Crippen LogP contribution in [0.2, 0.25) is 10.0 Å². The molecule has 1 N–H and O–H groups in total. The molecule has 0 saturated carbocycles. The van der Waals surface area contributed by atoms with Crippen molar-refractivity contribution >= 4 is 29.2 Å². The molecule has 0 fully saturated rings. The van der Waals surface area contributed by atoms with Crippen LogP contribution in [0, 0.1) is 5.41 Å². The summed E-state index contributed by atoms with van der Waals surface area (Å²) < 4.78 is 0. The molecule has 1 rings (SSSR count). The number of carbonyl (C=O) groups is 1. The summed E-state index contributed by atoms with van der Waals surface area (Å²) in [6.45, 7) is 9.64. The Balaban J connectivity index is 2.70. The number of allylic oxidation sites excluding steroid dienone is 1. The highest BCUT2D eigenvalue weighted by atomic mass is 35.5. The number of benzene rings is 1. The number of hydrogen-bond donors (Lipinski definition) is 1. The summed E-state index contributed by atoms with van der Waals surface area (Å²) in [4.78, 5) is 16.7. The minimum atomic E-state index is -0.581. The molecule has 18 heavy (non-hydrogen) atoms. The van der Waals surface area contributed by atoms with Crippen molar-refractivity contribution in [3.05, 3.63) is 46.1 Å². The highest BCUT2D eigenvalue weighted by Gasteiger charge is 2.18. The van der Waals surface area contributed by atoms with Gasteiger partial charge in [0.25, 0.3) is 0 Å². The maximum absolute atomic E-state index is 11.8. The van der Waals surface area contributed by atoms with E-state index >= 15 is 0 Å². The van der Waals surface area contributed by atoms with E-state index < -0.39 is 5.97 Å². The molecule has 98 valence electrons. The maximum atomic E-state index is 11.8. The normalized spacial score (nSPS) is 10.9. The molecule has 0 unspecified atom stereocenters. The second-order valence-electron chi connectivity index (χ2n) is 4.84. The van der Waals surface area contributed by atoms with Gasteiger partial charge in [-0.25, -0.2) is 10.3 Å². The zero-order valence-corrected chi connectivity index (χ0v) is 12.0. The fourth-order valence-corrected chi connectivity index (χ4v) is 1.46. The predicted octanol–water partition coefficient (Wildman–Crippen LogP) is 4.21. The molecule has 1 aromatic carbocycles. The second-order valence-corrected chi connectivity index (χ2v) is 5.69. The van der Waals surface area contributed by atoms with Crippen molar-refractivity contribution in [2.75, 3.05) is 0 Å². The Hall–Kier alpha value is -1.19. The molecule has 0 radical (unpaired) electrons. The van der Waals surface area contributed by atoms with Gasteiger partial charge in [-0.15, -0.1) is 0 Å². The first-order valence-electron chi connectivity index (χ1n) is 5.33. The summed E-state index contributed by atoms with van der Waals surface area (Å²) in [5.41, 5.74) is 3.17. The standard InChI is InChI=1S/C13H15Cl2NO2/c1-8(13(2,3)4)16-18-12(17)10-6-5-9(14)7-11(10)15/h5-7,16H,1H2,2-4H3. The zero-order valence-electron chi connectivity index (χ0n) is 10.5. The molecule has 1 aromatic rings. The molecule has 3 nitrogen and oxygen atoms in total. The lowest BCUT2D eigenvalue weighted by Crippen LogP contribution is -2.26. The molecule has 5 heteroatoms. The van der Waals surface area contributed by atoms with Crippen molar-refractivity contribution in [3.63, 3.8) is 0 Å². The zero-order chi connectivity index (χ0) is 13.9. The fourth-order valence-electron chi connectivity index (χ4n) is 0.971. The van der Waals surface area contributed by atoms with Gasteiger partial charge in [-0.1, -0.05) is 50.6 Å². The third-order valence-electron chi connectivity index (χ3n) is 2.32. The van der Waals surface area contributed by atoms with Crippen molar-refractivity contribution in [1.82, 2.24) is 5.48 Å². The van der Waals surface area contributed by atoms with E-state index in [0.717, 1.165) is 0 Å². The summed E-state index contributed by atoms with van der Waals surface area (Å²) in [7, 11) is 0. The molecule has 0 aromatic heterocycles. The van der Waals surface area contributed by atoms with Gasteiger partial charge in [0.05, 0.1) is 10.6 Å². The topological polar surface area (TPSA) is 38.3 Å². The number of nitrogens with one attached hydrogen (secondary N) is 1. The summed E-state index contributed by atoms with van der Waals surface area (Å²) in [5, 5.41) is 0.708. The van der Waals surface area contributed by atoms with Crippen molar-refractivity contribution in [3.8, 4) is 0 Å². The highest BCUT2D eigenvalue weighted by molar-refractivity contribution is 6.36. The smallest absolute Gasteiger partial charge is 0.338 e. The summed E-state index contributed by atoms with van der Waals surface area (Å²) in [6, 6.07) is 4.56. The van der Waals surface area contributed by atoms with Gasteiger partial charge in [-0.3, -0.25) is 0 Å². The minimum Gasteiger partial charge on any atom is -0.338 e. The predicted molar refractivity (Wildman–Crippen MR) is 73.6 cm³/mol. The van der Waals surface area contributed by atoms with Crippen LogP contribution in [0.25, 0.3) is 0 Å². The van der Waals surface area contributed by atoms with E-state index in [1.165, 1.54) is 12.1 Å². The van der Waals surface area contributed by atoms with Crippen LogP contribution in [-0.4, -0.2) is 5.97 Å². The van der Waals surface area contributed by atoms with Crippen LogP contribution in [0.4, 0.5) is 0 Å². The molecular formula is C13H15Cl2NO2. The number of carbonyl (C=O) groups excluding carboxylic acids is 1. The van der Waals surface area contributed by atoms with E-state index in [2.05, 4.69) is 12.1 Å². The second kappa shape index (κ2) is 5.63. The van der Waals surface area contributed by atoms with E-state index in [0.29, 0.717) is 10.7 Å². The Morgan fingerprint density at radius 2 is 1.94 bits per heavy atom. The molecule has 0 bridgehead atoms. The Morgan fingerprint density at radius 3 is 2.44 bits per heavy atom. The van der Waals surface area contributed by atoms with Gasteiger partial charge in [0.15, 0.2) is 0 Å². The first kappa shape index (κ1) is 14.9. The van der Waals surface area contributed by atoms with Crippen LogP contribution in [0.1, 0.15) is 31.1 Å². The van der Waals surface area contributed by atoms with Crippen LogP contribution >= 0.6 is 23.2 Å². The minimum absolute atomic E-state index is 0.204. The molecular weight excluding hydrogens is 273 g/mol. The number of halogens is 2. The summed E-state index contributed by atoms with van der Waals surface area (Å²) >= 11 is 11.6. The van der Waals surface area contributed by atoms with Crippen molar-refractivity contribution in [2.45, 2.75) is 20.8 Å². The molecule has 0 aliphatic heterocycles. The van der Waals surface area contributed by atoms with Gasteiger partial charge in [0, 0.05) is 16.1 Å². The molecule has 0 aliphatic rings. The van der Waals surface area contributed by atoms with Gasteiger partial charge in [0.2, 0.25) is 0 Å². The van der Waals surface area contributed by atoms with E-state index in [-0.39, 0.29) is 16.0 Å². The first-order valence-corrected chi connectivity index (χ1v) is 6.09. The van der Waals surface area contributed by atoms with E-state index in [9.17, 15) is 4.79 Å². The highest BCUT2D eigenvalue weighted by Crippen LogP contribution is 2.23. The Labute approximate surface area is 117 Å². The van der Waals surface area contributed by atoms with Crippen molar-refractivity contribution in [1.29, 1.82) is 0 Å².